The van der Waals surface area contributed by atoms with Crippen molar-refractivity contribution < 1.29 is 14.0 Å². The van der Waals surface area contributed by atoms with Crippen LogP contribution in [0.3, 0.4) is 0 Å². The number of nitrogens with zero attached hydrogens (tertiary/aromatic N) is 2. The highest BCUT2D eigenvalue weighted by atomic mass is 16.3. The second kappa shape index (κ2) is 7.93. The molecule has 0 aliphatic carbocycles. The van der Waals surface area contributed by atoms with Gasteiger partial charge in [-0.1, -0.05) is 18.2 Å². The number of para-hydroxylation sites is 1. The van der Waals surface area contributed by atoms with Gasteiger partial charge in [0.1, 0.15) is 5.69 Å². The van der Waals surface area contributed by atoms with Gasteiger partial charge in [0.2, 0.25) is 0 Å². The second-order valence-corrected chi connectivity index (χ2v) is 5.29. The molecule has 0 fully saturated rings. The first-order valence-corrected chi connectivity index (χ1v) is 7.91. The van der Waals surface area contributed by atoms with E-state index in [1.807, 2.05) is 6.07 Å². The van der Waals surface area contributed by atoms with E-state index in [0.29, 0.717) is 5.69 Å². The van der Waals surface area contributed by atoms with Gasteiger partial charge in [0, 0.05) is 19.2 Å². The topological polar surface area (TPSA) is 106 Å². The normalized spacial score (nSPS) is 10.3. The van der Waals surface area contributed by atoms with E-state index in [1.54, 1.807) is 36.4 Å². The average Bonchev–Trinajstić information content (AvgIpc) is 3.21. The molecule has 0 atom stereocenters. The maximum atomic E-state index is 12.2. The fraction of sp³-hybridized carbons (Fsp3) is 0.111. The van der Waals surface area contributed by atoms with Crippen LogP contribution >= 0.6 is 0 Å². The third kappa shape index (κ3) is 4.04. The van der Waals surface area contributed by atoms with Crippen molar-refractivity contribution >= 4 is 11.8 Å². The van der Waals surface area contributed by atoms with Gasteiger partial charge in [0.15, 0.2) is 5.76 Å². The fourth-order valence-corrected chi connectivity index (χ4v) is 2.22. The number of furan rings is 1. The lowest BCUT2D eigenvalue weighted by atomic mass is 10.3. The van der Waals surface area contributed by atoms with Gasteiger partial charge in [-0.2, -0.15) is 9.78 Å². The number of rotatable bonds is 6. The van der Waals surface area contributed by atoms with E-state index in [1.165, 1.54) is 18.4 Å². The Balaban J connectivity index is 1.58. The van der Waals surface area contributed by atoms with Crippen molar-refractivity contribution in [1.29, 1.82) is 0 Å². The molecule has 8 heteroatoms. The number of carbonyl (C=O) groups excluding carboxylic acids is 2. The maximum Gasteiger partial charge on any atom is 0.287 e. The molecule has 1 aromatic carbocycles. The zero-order chi connectivity index (χ0) is 18.4. The lowest BCUT2D eigenvalue weighted by Crippen LogP contribution is -2.35. The number of hydrogen-bond acceptors (Lipinski definition) is 5. The summed E-state index contributed by atoms with van der Waals surface area (Å²) in [6, 6.07) is 14.6. The summed E-state index contributed by atoms with van der Waals surface area (Å²) in [5, 5.41) is 9.34. The van der Waals surface area contributed by atoms with Crippen LogP contribution in [0, 0.1) is 0 Å². The van der Waals surface area contributed by atoms with Crippen LogP contribution in [-0.4, -0.2) is 34.7 Å². The van der Waals surface area contributed by atoms with Gasteiger partial charge >= 0.3 is 0 Å². The Bertz CT molecular complexity index is 949. The molecule has 2 N–H and O–H groups in total. The maximum absolute atomic E-state index is 12.2. The van der Waals surface area contributed by atoms with Crippen molar-refractivity contribution in [2.75, 3.05) is 13.1 Å². The third-order valence-electron chi connectivity index (χ3n) is 3.47. The van der Waals surface area contributed by atoms with Crippen LogP contribution in [0.25, 0.3) is 5.69 Å². The van der Waals surface area contributed by atoms with E-state index in [9.17, 15) is 14.4 Å². The Morgan fingerprint density at radius 1 is 0.923 bits per heavy atom. The SMILES string of the molecule is O=C(NCCNC(=O)c1ccco1)c1ccc(=O)n(-c2ccccc2)n1. The zero-order valence-electron chi connectivity index (χ0n) is 13.7. The molecule has 2 aromatic heterocycles. The molecule has 0 saturated heterocycles. The minimum atomic E-state index is -0.443. The summed E-state index contributed by atoms with van der Waals surface area (Å²) in [6.45, 7) is 0.432. The van der Waals surface area contributed by atoms with Crippen molar-refractivity contribution in [1.82, 2.24) is 20.4 Å². The molecule has 0 unspecified atom stereocenters. The van der Waals surface area contributed by atoms with Crippen molar-refractivity contribution in [2.24, 2.45) is 0 Å². The van der Waals surface area contributed by atoms with Crippen LogP contribution in [0.5, 0.6) is 0 Å². The summed E-state index contributed by atoms with van der Waals surface area (Å²) >= 11 is 0. The first-order valence-electron chi connectivity index (χ1n) is 7.91. The van der Waals surface area contributed by atoms with Gasteiger partial charge < -0.3 is 15.1 Å². The summed E-state index contributed by atoms with van der Waals surface area (Å²) in [6.07, 6.45) is 1.41. The summed E-state index contributed by atoms with van der Waals surface area (Å²) in [5.74, 6) is -0.602. The minimum absolute atomic E-state index is 0.103. The molecule has 0 spiro atoms. The van der Waals surface area contributed by atoms with E-state index in [0.717, 1.165) is 4.68 Å². The Labute approximate surface area is 148 Å². The molecular formula is C18H16N4O4. The smallest absolute Gasteiger partial charge is 0.287 e. The second-order valence-electron chi connectivity index (χ2n) is 5.29. The molecule has 0 radical (unpaired) electrons. The van der Waals surface area contributed by atoms with Crippen molar-refractivity contribution in [3.63, 3.8) is 0 Å². The molecule has 0 bridgehead atoms. The largest absolute Gasteiger partial charge is 0.459 e. The molecule has 3 aromatic rings. The molecule has 132 valence electrons. The lowest BCUT2D eigenvalue weighted by molar-refractivity contribution is 0.0908. The molecular weight excluding hydrogens is 336 g/mol. The van der Waals surface area contributed by atoms with Crippen LogP contribution in [-0.2, 0) is 0 Å². The van der Waals surface area contributed by atoms with E-state index >= 15 is 0 Å². The Morgan fingerprint density at radius 2 is 1.65 bits per heavy atom. The van der Waals surface area contributed by atoms with Gasteiger partial charge in [0.25, 0.3) is 17.4 Å². The Morgan fingerprint density at radius 3 is 2.35 bits per heavy atom. The minimum Gasteiger partial charge on any atom is -0.459 e. The zero-order valence-corrected chi connectivity index (χ0v) is 13.7. The van der Waals surface area contributed by atoms with Gasteiger partial charge in [-0.05, 0) is 30.3 Å². The number of nitrogens with one attached hydrogen (secondary N) is 2. The molecule has 0 aliphatic heterocycles. The van der Waals surface area contributed by atoms with E-state index in [4.69, 9.17) is 4.42 Å². The van der Waals surface area contributed by atoms with Crippen LogP contribution < -0.4 is 16.2 Å². The molecule has 26 heavy (non-hydrogen) atoms. The Kier molecular flexibility index (Phi) is 5.23. The van der Waals surface area contributed by atoms with Crippen LogP contribution in [0.1, 0.15) is 21.0 Å². The van der Waals surface area contributed by atoms with Crippen LogP contribution in [0.4, 0.5) is 0 Å². The number of hydrogen-bond donors (Lipinski definition) is 2. The number of benzene rings is 1. The average molecular weight is 352 g/mol. The van der Waals surface area contributed by atoms with E-state index in [2.05, 4.69) is 15.7 Å². The number of aromatic nitrogens is 2. The number of amides is 2. The third-order valence-corrected chi connectivity index (χ3v) is 3.47. The van der Waals surface area contributed by atoms with Gasteiger partial charge in [-0.25, -0.2) is 0 Å². The Hall–Kier alpha value is -3.68. The first-order chi connectivity index (χ1) is 12.6. The highest BCUT2D eigenvalue weighted by Gasteiger charge is 2.11. The van der Waals surface area contributed by atoms with Crippen LogP contribution in [0.2, 0.25) is 0 Å². The first kappa shape index (κ1) is 17.2. The van der Waals surface area contributed by atoms with Crippen molar-refractivity contribution in [3.8, 4) is 5.69 Å². The molecule has 2 amide bonds. The van der Waals surface area contributed by atoms with Crippen molar-refractivity contribution in [2.45, 2.75) is 0 Å². The summed E-state index contributed by atoms with van der Waals surface area (Å²) in [5.41, 5.74) is 0.335. The predicted molar refractivity (Wildman–Crippen MR) is 93.2 cm³/mol. The monoisotopic (exact) mass is 352 g/mol. The van der Waals surface area contributed by atoms with E-state index in [-0.39, 0.29) is 36.0 Å². The van der Waals surface area contributed by atoms with Gasteiger partial charge in [-0.3, -0.25) is 14.4 Å². The molecule has 8 nitrogen and oxygen atoms in total. The van der Waals surface area contributed by atoms with Gasteiger partial charge in [-0.15, -0.1) is 0 Å². The standard InChI is InChI=1S/C18H16N4O4/c23-16-9-8-14(21-22(16)13-5-2-1-3-6-13)17(24)19-10-11-20-18(25)15-7-4-12-26-15/h1-9,12H,10-11H2,(H,19,24)(H,20,25). The van der Waals surface area contributed by atoms with Crippen LogP contribution in [0.15, 0.2) is 70.1 Å². The molecule has 2 heterocycles. The summed E-state index contributed by atoms with van der Waals surface area (Å²) in [7, 11) is 0. The summed E-state index contributed by atoms with van der Waals surface area (Å²) < 4.78 is 6.13. The van der Waals surface area contributed by atoms with E-state index < -0.39 is 5.91 Å². The highest BCUT2D eigenvalue weighted by molar-refractivity contribution is 5.92. The summed E-state index contributed by atoms with van der Waals surface area (Å²) in [4.78, 5) is 35.8. The quantitative estimate of drug-likeness (QED) is 0.644. The molecule has 0 aliphatic rings. The number of carbonyl (C=O) groups is 2. The molecule has 3 rings (SSSR count). The fourth-order valence-electron chi connectivity index (χ4n) is 2.22. The van der Waals surface area contributed by atoms with Crippen molar-refractivity contribution in [3.05, 3.63) is 82.7 Å². The predicted octanol–water partition coefficient (Wildman–Crippen LogP) is 0.985. The lowest BCUT2D eigenvalue weighted by Gasteiger charge is -2.08. The van der Waals surface area contributed by atoms with Gasteiger partial charge in [0.05, 0.1) is 12.0 Å². The highest BCUT2D eigenvalue weighted by Crippen LogP contribution is 2.02. The molecule has 0 saturated carbocycles.